The van der Waals surface area contributed by atoms with Crippen molar-refractivity contribution < 1.29 is 19.2 Å². The maximum Gasteiger partial charge on any atom is 0.367 e. The monoisotopic (exact) mass is 337 g/mol. The van der Waals surface area contributed by atoms with Crippen molar-refractivity contribution in [1.82, 2.24) is 19.8 Å². The molecule has 0 aliphatic carbocycles. The zero-order valence-corrected chi connectivity index (χ0v) is 13.0. The van der Waals surface area contributed by atoms with Crippen molar-refractivity contribution in [1.29, 1.82) is 0 Å². The van der Waals surface area contributed by atoms with E-state index in [1.54, 1.807) is 19.2 Å². The van der Waals surface area contributed by atoms with Crippen molar-refractivity contribution >= 4 is 34.5 Å². The lowest BCUT2D eigenvalue weighted by atomic mass is 10.1. The number of amides is 2. The van der Waals surface area contributed by atoms with E-state index in [9.17, 15) is 14.4 Å². The Morgan fingerprint density at radius 2 is 1.76 bits per heavy atom. The second kappa shape index (κ2) is 5.13. The van der Waals surface area contributed by atoms with E-state index < -0.39 is 17.8 Å². The smallest absolute Gasteiger partial charge is 0.367 e. The average Bonchev–Trinajstić information content (AvgIpc) is 3.10. The van der Waals surface area contributed by atoms with Crippen LogP contribution in [0.5, 0.6) is 0 Å². The van der Waals surface area contributed by atoms with E-state index in [2.05, 4.69) is 10.1 Å². The van der Waals surface area contributed by atoms with Gasteiger partial charge in [0.25, 0.3) is 11.8 Å². The Kier molecular flexibility index (Phi) is 3.04. The van der Waals surface area contributed by atoms with Gasteiger partial charge in [-0.1, -0.05) is 17.2 Å². The van der Waals surface area contributed by atoms with Gasteiger partial charge in [0.05, 0.1) is 28.4 Å². The molecule has 4 rings (SSSR count). The number of pyridine rings is 1. The third-order valence-electron chi connectivity index (χ3n) is 3.95. The molecule has 1 aliphatic rings. The fourth-order valence-corrected chi connectivity index (χ4v) is 2.66. The highest BCUT2D eigenvalue weighted by molar-refractivity contribution is 6.21. The summed E-state index contributed by atoms with van der Waals surface area (Å²) in [5, 5.41) is 4.92. The van der Waals surface area contributed by atoms with E-state index in [4.69, 9.17) is 10.6 Å². The normalized spacial score (nSPS) is 13.4. The second-order valence-electron chi connectivity index (χ2n) is 5.42. The van der Waals surface area contributed by atoms with Crippen LogP contribution in [0.15, 0.2) is 36.7 Å². The number of nitrogens with two attached hydrogens (primary N) is 1. The number of hydroxylamine groups is 2. The number of imide groups is 1. The molecule has 25 heavy (non-hydrogen) atoms. The molecule has 0 bridgehead atoms. The SMILES string of the molecule is Cn1ncc2c(N)c(C(=O)ON3C(=O)c4ccccc4C3=O)cnc21. The number of carbonyl (C=O) groups excluding carboxylic acids is 3. The highest BCUT2D eigenvalue weighted by Gasteiger charge is 2.39. The summed E-state index contributed by atoms with van der Waals surface area (Å²) >= 11 is 0. The second-order valence-corrected chi connectivity index (χ2v) is 5.42. The first-order valence-electron chi connectivity index (χ1n) is 7.25. The van der Waals surface area contributed by atoms with E-state index in [1.165, 1.54) is 29.2 Å². The molecule has 3 aromatic rings. The molecule has 124 valence electrons. The van der Waals surface area contributed by atoms with Crippen LogP contribution in [0, 0.1) is 0 Å². The maximum absolute atomic E-state index is 12.4. The lowest BCUT2D eigenvalue weighted by Gasteiger charge is -2.13. The predicted molar refractivity (Wildman–Crippen MR) is 85.3 cm³/mol. The Bertz CT molecular complexity index is 1040. The van der Waals surface area contributed by atoms with Gasteiger partial charge in [0, 0.05) is 13.2 Å². The number of aromatic nitrogens is 3. The highest BCUT2D eigenvalue weighted by Crippen LogP contribution is 2.26. The first kappa shape index (κ1) is 14.8. The summed E-state index contributed by atoms with van der Waals surface area (Å²) in [6, 6.07) is 6.21. The number of aryl methyl sites for hydroxylation is 1. The molecule has 0 fully saturated rings. The number of benzene rings is 1. The number of nitrogens with zero attached hydrogens (tertiary/aromatic N) is 4. The molecule has 3 heterocycles. The lowest BCUT2D eigenvalue weighted by molar-refractivity contribution is -0.0584. The zero-order chi connectivity index (χ0) is 17.7. The first-order valence-corrected chi connectivity index (χ1v) is 7.25. The number of carbonyl (C=O) groups is 3. The molecular weight excluding hydrogens is 326 g/mol. The molecule has 1 aliphatic heterocycles. The molecular formula is C16H11N5O4. The minimum Gasteiger partial charge on any atom is -0.397 e. The van der Waals surface area contributed by atoms with Gasteiger partial charge in [-0.15, -0.1) is 0 Å². The van der Waals surface area contributed by atoms with E-state index in [1.807, 2.05) is 0 Å². The minimum absolute atomic E-state index is 0.0583. The Balaban J connectivity index is 1.66. The van der Waals surface area contributed by atoms with Crippen molar-refractivity contribution in [2.24, 2.45) is 7.05 Å². The van der Waals surface area contributed by atoms with Gasteiger partial charge < -0.3 is 10.6 Å². The van der Waals surface area contributed by atoms with Gasteiger partial charge in [-0.05, 0) is 12.1 Å². The number of anilines is 1. The van der Waals surface area contributed by atoms with Crippen LogP contribution in [0.4, 0.5) is 5.69 Å². The largest absolute Gasteiger partial charge is 0.397 e. The molecule has 0 saturated heterocycles. The van der Waals surface area contributed by atoms with Gasteiger partial charge in [0.15, 0.2) is 5.65 Å². The summed E-state index contributed by atoms with van der Waals surface area (Å²) in [4.78, 5) is 46.0. The summed E-state index contributed by atoms with van der Waals surface area (Å²) in [6.07, 6.45) is 2.69. The average molecular weight is 337 g/mol. The van der Waals surface area contributed by atoms with E-state index in [0.717, 1.165) is 0 Å². The summed E-state index contributed by atoms with van der Waals surface area (Å²) in [5.74, 6) is -2.36. The Labute approximate surface area is 140 Å². The summed E-state index contributed by atoms with van der Waals surface area (Å²) < 4.78 is 1.50. The predicted octanol–water partition coefficient (Wildman–Crippen LogP) is 0.919. The van der Waals surface area contributed by atoms with Gasteiger partial charge in [0.1, 0.15) is 5.56 Å². The van der Waals surface area contributed by atoms with E-state index >= 15 is 0 Å². The van der Waals surface area contributed by atoms with Crippen LogP contribution in [0.2, 0.25) is 0 Å². The van der Waals surface area contributed by atoms with Gasteiger partial charge in [-0.25, -0.2) is 9.78 Å². The standard InChI is InChI=1S/C16H11N5O4/c1-20-13-10(7-19-20)12(17)11(6-18-13)16(24)25-21-14(22)8-4-2-3-5-9(8)15(21)23/h2-7H,1H3,(H2,17,18). The van der Waals surface area contributed by atoms with Gasteiger partial charge in [-0.3, -0.25) is 14.3 Å². The van der Waals surface area contributed by atoms with Crippen molar-refractivity contribution in [2.75, 3.05) is 5.73 Å². The van der Waals surface area contributed by atoms with Gasteiger partial charge >= 0.3 is 5.97 Å². The lowest BCUT2D eigenvalue weighted by Crippen LogP contribution is -2.33. The van der Waals surface area contributed by atoms with Crippen LogP contribution in [0.3, 0.4) is 0 Å². The van der Waals surface area contributed by atoms with E-state index in [0.29, 0.717) is 16.1 Å². The summed E-state index contributed by atoms with van der Waals surface area (Å²) in [6.45, 7) is 0. The molecule has 1 aromatic carbocycles. The Morgan fingerprint density at radius 3 is 2.40 bits per heavy atom. The molecule has 2 aromatic heterocycles. The molecule has 0 spiro atoms. The molecule has 9 nitrogen and oxygen atoms in total. The third kappa shape index (κ3) is 2.06. The molecule has 0 radical (unpaired) electrons. The topological polar surface area (TPSA) is 120 Å². The molecule has 9 heteroatoms. The van der Waals surface area contributed by atoms with Crippen LogP contribution in [0.25, 0.3) is 11.0 Å². The summed E-state index contributed by atoms with van der Waals surface area (Å²) in [7, 11) is 1.69. The third-order valence-corrected chi connectivity index (χ3v) is 3.95. The Morgan fingerprint density at radius 1 is 1.12 bits per heavy atom. The van der Waals surface area contributed by atoms with Crippen LogP contribution in [-0.4, -0.2) is 37.6 Å². The zero-order valence-electron chi connectivity index (χ0n) is 13.0. The van der Waals surface area contributed by atoms with Gasteiger partial charge in [0.2, 0.25) is 0 Å². The van der Waals surface area contributed by atoms with E-state index in [-0.39, 0.29) is 22.4 Å². The molecule has 0 saturated carbocycles. The number of nitrogen functional groups attached to an aromatic ring is 1. The number of rotatable bonds is 2. The number of hydrogen-bond acceptors (Lipinski definition) is 7. The van der Waals surface area contributed by atoms with Crippen LogP contribution >= 0.6 is 0 Å². The first-order chi connectivity index (χ1) is 12.0. The molecule has 0 unspecified atom stereocenters. The quantitative estimate of drug-likeness (QED) is 0.690. The fraction of sp³-hybridized carbons (Fsp3) is 0.0625. The van der Waals surface area contributed by atoms with Crippen LogP contribution < -0.4 is 5.73 Å². The Hall–Kier alpha value is -3.75. The number of fused-ring (bicyclic) bond motifs is 2. The highest BCUT2D eigenvalue weighted by atomic mass is 16.7. The van der Waals surface area contributed by atoms with Gasteiger partial charge in [-0.2, -0.15) is 5.10 Å². The van der Waals surface area contributed by atoms with Crippen molar-refractivity contribution in [3.8, 4) is 0 Å². The van der Waals surface area contributed by atoms with Crippen molar-refractivity contribution in [3.63, 3.8) is 0 Å². The molecule has 2 N–H and O–H groups in total. The van der Waals surface area contributed by atoms with Crippen molar-refractivity contribution in [2.45, 2.75) is 0 Å². The van der Waals surface area contributed by atoms with Crippen LogP contribution in [-0.2, 0) is 11.9 Å². The summed E-state index contributed by atoms with van der Waals surface area (Å²) in [5.41, 5.74) is 6.88. The fourth-order valence-electron chi connectivity index (χ4n) is 2.66. The maximum atomic E-state index is 12.4. The molecule has 2 amide bonds. The number of hydrogen-bond donors (Lipinski definition) is 1. The molecule has 0 atom stereocenters. The van der Waals surface area contributed by atoms with Crippen molar-refractivity contribution in [3.05, 3.63) is 53.3 Å². The minimum atomic E-state index is -0.953. The van der Waals surface area contributed by atoms with Crippen LogP contribution in [0.1, 0.15) is 31.1 Å².